The average molecular weight is 431 g/mol. The van der Waals surface area contributed by atoms with E-state index < -0.39 is 0 Å². The van der Waals surface area contributed by atoms with Gasteiger partial charge < -0.3 is 14.5 Å². The molecule has 176 valence electrons. The molecule has 4 nitrogen and oxygen atoms in total. The highest BCUT2D eigenvalue weighted by atomic mass is 16.5. The number of unbranched alkanes of at least 4 members (excludes halogenated alkanes) is 5. The van der Waals surface area contributed by atoms with Crippen molar-refractivity contribution in [3.8, 4) is 0 Å². The smallest absolute Gasteiger partial charge is 0.253 e. The lowest BCUT2D eigenvalue weighted by molar-refractivity contribution is 0.00907. The molecule has 1 amide bonds. The Bertz CT molecular complexity index is 608. The van der Waals surface area contributed by atoms with Gasteiger partial charge in [-0.3, -0.25) is 4.79 Å². The fourth-order valence-corrected chi connectivity index (χ4v) is 4.50. The number of amides is 1. The summed E-state index contributed by atoms with van der Waals surface area (Å²) in [6, 6.07) is 8.24. The van der Waals surface area contributed by atoms with Crippen molar-refractivity contribution in [3.63, 3.8) is 0 Å². The number of hydrogen-bond donors (Lipinski definition) is 0. The van der Waals surface area contributed by atoms with Crippen LogP contribution in [0.15, 0.2) is 24.3 Å². The van der Waals surface area contributed by atoms with Crippen molar-refractivity contribution in [2.24, 2.45) is 0 Å². The number of ether oxygens (including phenoxy) is 1. The standard InChI is InChI=1S/C27H46N2O2/c1-5-6-9-20-28(3)21-10-7-8-11-22-31-26-18-16-25(17-19-26)29(4)27(30)24-14-12-23(2)13-15-24/h12-15,25-26H,5-11,16-22H2,1-4H3/t25-,26-. The van der Waals surface area contributed by atoms with Gasteiger partial charge >= 0.3 is 0 Å². The first-order chi connectivity index (χ1) is 15.0. The number of hydrogen-bond acceptors (Lipinski definition) is 3. The number of carbonyl (C=O) groups excluding carboxylic acids is 1. The molecule has 1 aromatic carbocycles. The van der Waals surface area contributed by atoms with Gasteiger partial charge in [0.15, 0.2) is 0 Å². The molecule has 1 aliphatic carbocycles. The number of rotatable bonds is 14. The van der Waals surface area contributed by atoms with Crippen LogP contribution in [0.1, 0.15) is 93.5 Å². The van der Waals surface area contributed by atoms with Crippen LogP contribution < -0.4 is 0 Å². The molecule has 31 heavy (non-hydrogen) atoms. The Kier molecular flexibility index (Phi) is 12.2. The average Bonchev–Trinajstić information content (AvgIpc) is 2.78. The monoisotopic (exact) mass is 430 g/mol. The molecule has 2 rings (SSSR count). The van der Waals surface area contributed by atoms with E-state index in [1.807, 2.05) is 43.1 Å². The van der Waals surface area contributed by atoms with Gasteiger partial charge in [0.25, 0.3) is 5.91 Å². The van der Waals surface area contributed by atoms with Crippen molar-refractivity contribution < 1.29 is 9.53 Å². The molecule has 4 heteroatoms. The number of benzene rings is 1. The maximum Gasteiger partial charge on any atom is 0.253 e. The van der Waals surface area contributed by atoms with Gasteiger partial charge in [-0.25, -0.2) is 0 Å². The second-order valence-corrected chi connectivity index (χ2v) is 9.51. The van der Waals surface area contributed by atoms with Crippen LogP contribution in [0.2, 0.25) is 0 Å². The third-order valence-corrected chi connectivity index (χ3v) is 6.74. The summed E-state index contributed by atoms with van der Waals surface area (Å²) >= 11 is 0. The van der Waals surface area contributed by atoms with Gasteiger partial charge in [0.2, 0.25) is 0 Å². The zero-order valence-electron chi connectivity index (χ0n) is 20.6. The highest BCUT2D eigenvalue weighted by molar-refractivity contribution is 5.94. The fraction of sp³-hybridized carbons (Fsp3) is 0.741. The summed E-state index contributed by atoms with van der Waals surface area (Å²) in [7, 11) is 4.20. The normalized spacial score (nSPS) is 19.0. The van der Waals surface area contributed by atoms with Crippen LogP contribution in [-0.2, 0) is 4.74 Å². The second kappa shape index (κ2) is 14.6. The van der Waals surface area contributed by atoms with Crippen LogP contribution in [-0.4, -0.2) is 61.6 Å². The van der Waals surface area contributed by atoms with E-state index in [2.05, 4.69) is 18.9 Å². The molecule has 0 aliphatic heterocycles. The van der Waals surface area contributed by atoms with E-state index in [9.17, 15) is 4.79 Å². The summed E-state index contributed by atoms with van der Waals surface area (Å²) in [5.41, 5.74) is 1.98. The Morgan fingerprint density at radius 2 is 1.52 bits per heavy atom. The fourth-order valence-electron chi connectivity index (χ4n) is 4.50. The van der Waals surface area contributed by atoms with Gasteiger partial charge in [0.05, 0.1) is 6.10 Å². The Balaban J connectivity index is 1.52. The molecular formula is C27H46N2O2. The third-order valence-electron chi connectivity index (χ3n) is 6.74. The zero-order chi connectivity index (χ0) is 22.5. The van der Waals surface area contributed by atoms with Crippen molar-refractivity contribution in [1.29, 1.82) is 0 Å². The van der Waals surface area contributed by atoms with Gasteiger partial charge in [0.1, 0.15) is 0 Å². The van der Waals surface area contributed by atoms with Crippen LogP contribution >= 0.6 is 0 Å². The topological polar surface area (TPSA) is 32.8 Å². The lowest BCUT2D eigenvalue weighted by Crippen LogP contribution is -2.40. The highest BCUT2D eigenvalue weighted by Crippen LogP contribution is 2.26. The molecule has 0 aromatic heterocycles. The Morgan fingerprint density at radius 1 is 0.903 bits per heavy atom. The minimum atomic E-state index is 0.139. The van der Waals surface area contributed by atoms with E-state index >= 15 is 0 Å². The Morgan fingerprint density at radius 3 is 2.16 bits per heavy atom. The molecule has 1 saturated carbocycles. The van der Waals surface area contributed by atoms with E-state index in [-0.39, 0.29) is 5.91 Å². The molecular weight excluding hydrogens is 384 g/mol. The van der Waals surface area contributed by atoms with Crippen molar-refractivity contribution in [2.75, 3.05) is 33.8 Å². The first kappa shape index (κ1) is 25.9. The SMILES string of the molecule is CCCCCN(C)CCCCCCO[C@H]1CC[C@H](N(C)C(=O)c2ccc(C)cc2)CC1. The van der Waals surface area contributed by atoms with Crippen LogP contribution in [0.25, 0.3) is 0 Å². The van der Waals surface area contributed by atoms with Gasteiger partial charge in [-0.15, -0.1) is 0 Å². The molecule has 0 unspecified atom stereocenters. The Labute approximate surface area is 191 Å². The minimum absolute atomic E-state index is 0.139. The molecule has 1 aliphatic rings. The van der Waals surface area contributed by atoms with Crippen LogP contribution in [0, 0.1) is 6.92 Å². The maximum absolute atomic E-state index is 12.7. The van der Waals surface area contributed by atoms with E-state index in [4.69, 9.17) is 4.74 Å². The second-order valence-electron chi connectivity index (χ2n) is 9.51. The van der Waals surface area contributed by atoms with Crippen molar-refractivity contribution in [2.45, 2.75) is 96.6 Å². The maximum atomic E-state index is 12.7. The lowest BCUT2D eigenvalue weighted by atomic mass is 9.91. The van der Waals surface area contributed by atoms with Crippen LogP contribution in [0.3, 0.4) is 0 Å². The first-order valence-electron chi connectivity index (χ1n) is 12.6. The molecule has 0 radical (unpaired) electrons. The molecule has 0 atom stereocenters. The first-order valence-corrected chi connectivity index (χ1v) is 12.6. The lowest BCUT2D eigenvalue weighted by Gasteiger charge is -2.34. The van der Waals surface area contributed by atoms with E-state index in [0.29, 0.717) is 12.1 Å². The summed E-state index contributed by atoms with van der Waals surface area (Å²) in [5, 5.41) is 0. The van der Waals surface area contributed by atoms with Crippen molar-refractivity contribution in [1.82, 2.24) is 9.80 Å². The molecule has 1 fully saturated rings. The van der Waals surface area contributed by atoms with E-state index in [1.165, 1.54) is 63.6 Å². The van der Waals surface area contributed by atoms with Crippen LogP contribution in [0.5, 0.6) is 0 Å². The number of carbonyl (C=O) groups is 1. The Hall–Kier alpha value is -1.39. The highest BCUT2D eigenvalue weighted by Gasteiger charge is 2.27. The van der Waals surface area contributed by atoms with Crippen molar-refractivity contribution in [3.05, 3.63) is 35.4 Å². The molecule has 0 heterocycles. The number of nitrogens with zero attached hydrogens (tertiary/aromatic N) is 2. The van der Waals surface area contributed by atoms with Crippen LogP contribution in [0.4, 0.5) is 0 Å². The third kappa shape index (κ3) is 9.74. The molecule has 0 spiro atoms. The van der Waals surface area contributed by atoms with E-state index in [0.717, 1.165) is 37.9 Å². The van der Waals surface area contributed by atoms with Crippen molar-refractivity contribution >= 4 is 5.91 Å². The predicted octanol–water partition coefficient (Wildman–Crippen LogP) is 6.08. The minimum Gasteiger partial charge on any atom is -0.378 e. The summed E-state index contributed by atoms with van der Waals surface area (Å²) < 4.78 is 6.15. The van der Waals surface area contributed by atoms with Gasteiger partial charge in [0, 0.05) is 25.3 Å². The summed E-state index contributed by atoms with van der Waals surface area (Å²) in [6.45, 7) is 7.67. The largest absolute Gasteiger partial charge is 0.378 e. The zero-order valence-corrected chi connectivity index (χ0v) is 20.6. The summed E-state index contributed by atoms with van der Waals surface area (Å²) in [6.07, 6.45) is 13.6. The molecule has 0 bridgehead atoms. The van der Waals surface area contributed by atoms with Gasteiger partial charge in [-0.05, 0) is 84.1 Å². The van der Waals surface area contributed by atoms with Gasteiger partial charge in [-0.2, -0.15) is 0 Å². The van der Waals surface area contributed by atoms with Gasteiger partial charge in [-0.1, -0.05) is 50.3 Å². The summed E-state index contributed by atoms with van der Waals surface area (Å²) in [5.74, 6) is 0.139. The number of aryl methyl sites for hydroxylation is 1. The molecule has 0 N–H and O–H groups in total. The summed E-state index contributed by atoms with van der Waals surface area (Å²) in [4.78, 5) is 17.2. The molecule has 1 aromatic rings. The quantitative estimate of drug-likeness (QED) is 0.335. The van der Waals surface area contributed by atoms with E-state index in [1.54, 1.807) is 0 Å². The molecule has 0 saturated heterocycles. The predicted molar refractivity (Wildman–Crippen MR) is 131 cm³/mol.